The molecule has 0 saturated carbocycles. The highest BCUT2D eigenvalue weighted by molar-refractivity contribution is 6.42. The molecule has 5 heterocycles. The molecule has 0 spiro atoms. The molecule has 658 valence electrons. The van der Waals surface area contributed by atoms with Crippen LogP contribution in [-0.2, 0) is 24.0 Å². The van der Waals surface area contributed by atoms with Gasteiger partial charge in [-0.3, -0.25) is 43.3 Å². The number of alkyl halides is 3. The Kier molecular flexibility index (Phi) is 36.7. The standard InChI is InChI=1S/C35H45ClN4O2.C31H38Cl2N4O4.C28H35Cl2F3N4O2/c1-2-26(27-10-6-5-7-11-27)25-40-21-16-32(38-33(35(40)42)17-20-39-18-8-3-4-9-19-39)24-37-34(41)30-13-12-29-23-31(36)15-14-28(29)22-30;1-4-20(21-8-6-5-7-9-21)19-36-14-12-23(18-34-28(39)22-10-11-24(32)25(33)16-22)35-26(29(36)40)13-15-37-27(38)17-31(2,3)30(37)41;1-3-19(20-7-5-4-6-8-20)17-37-14-12-22(16-35-26(38)21-9-10-23(29)24(30)15-21)36-25(27(37)39)11-13-34-18(2)28(31,32)33/h5-7,10-15,22-23,26,32-33,38H,2-4,8-9,16-21,24-25H2,1H3,(H,37,41);5-11,16,20,23,26,35H,4,12-15,17-19H2,1-3H3,(H,34,39);4-10,15,18-19,22,25,34,36H,3,11-14,16-17H2,1-2H3,(H,35,38)/t26-,32+,33+;20-,23+,26+;18?,19-,22+,25+/m111/s1. The molecular formula is C94H118Cl5F3N12O8. The van der Waals surface area contributed by atoms with Crippen LogP contribution in [0.2, 0.25) is 25.1 Å². The fraction of sp³-hybridized carbons (Fsp3) is 0.489. The number of hydrogen-bond donors (Lipinski definition) is 7. The Morgan fingerprint density at radius 1 is 0.467 bits per heavy atom. The quantitative estimate of drug-likeness (QED) is 0.0201. The van der Waals surface area contributed by atoms with Crippen LogP contribution in [0.15, 0.2) is 164 Å². The van der Waals surface area contributed by atoms with Gasteiger partial charge in [0, 0.05) is 136 Å². The predicted molar refractivity (Wildman–Crippen MR) is 480 cm³/mol. The maximum Gasteiger partial charge on any atom is 0.403 e. The van der Waals surface area contributed by atoms with Gasteiger partial charge in [-0.1, -0.05) is 209 Å². The van der Waals surface area contributed by atoms with Crippen LogP contribution in [0.1, 0.15) is 197 Å². The Morgan fingerprint density at radius 2 is 0.844 bits per heavy atom. The third-order valence-corrected chi connectivity index (χ3v) is 25.8. The van der Waals surface area contributed by atoms with Crippen LogP contribution in [0.25, 0.3) is 10.8 Å². The Hall–Kier alpha value is -8.20. The van der Waals surface area contributed by atoms with Crippen LogP contribution in [0.3, 0.4) is 0 Å². The number of likely N-dealkylation sites (tertiary alicyclic amines) is 2. The van der Waals surface area contributed by atoms with Crippen LogP contribution >= 0.6 is 58.0 Å². The van der Waals surface area contributed by atoms with Gasteiger partial charge in [-0.15, -0.1) is 0 Å². The van der Waals surface area contributed by atoms with Crippen molar-refractivity contribution in [1.82, 2.24) is 61.7 Å². The Morgan fingerprint density at radius 3 is 1.23 bits per heavy atom. The molecule has 0 radical (unpaired) electrons. The summed E-state index contributed by atoms with van der Waals surface area (Å²) in [4.78, 5) is 115. The Labute approximate surface area is 741 Å². The van der Waals surface area contributed by atoms with Gasteiger partial charge < -0.3 is 56.8 Å². The summed E-state index contributed by atoms with van der Waals surface area (Å²) < 4.78 is 38.9. The molecule has 7 N–H and O–H groups in total. The topological polar surface area (TPSA) is 237 Å². The summed E-state index contributed by atoms with van der Waals surface area (Å²) in [5, 5.41) is 25.8. The van der Waals surface area contributed by atoms with E-state index in [2.05, 4.69) is 104 Å². The number of nitrogens with zero attached hydrogens (tertiary/aromatic N) is 5. The van der Waals surface area contributed by atoms with E-state index in [4.69, 9.17) is 58.0 Å². The zero-order valence-electron chi connectivity index (χ0n) is 70.7. The second-order valence-corrected chi connectivity index (χ2v) is 35.4. The minimum Gasteiger partial charge on any atom is -0.350 e. The molecule has 28 heteroatoms. The number of carbonyl (C=O) groups excluding carboxylic acids is 8. The monoisotopic (exact) mass is 1770 g/mol. The van der Waals surface area contributed by atoms with Crippen molar-refractivity contribution in [3.8, 4) is 0 Å². The second kappa shape index (κ2) is 46.7. The fourth-order valence-electron chi connectivity index (χ4n) is 16.6. The van der Waals surface area contributed by atoms with Gasteiger partial charge in [0.1, 0.15) is 6.04 Å². The van der Waals surface area contributed by atoms with Crippen LogP contribution in [0.4, 0.5) is 13.2 Å². The molecule has 1 unspecified atom stereocenters. The summed E-state index contributed by atoms with van der Waals surface area (Å²) in [5.41, 5.74) is 4.24. The molecule has 10 atom stereocenters. The van der Waals surface area contributed by atoms with E-state index >= 15 is 0 Å². The summed E-state index contributed by atoms with van der Waals surface area (Å²) in [6.45, 7) is 18.8. The predicted octanol–water partition coefficient (Wildman–Crippen LogP) is 16.3. The van der Waals surface area contributed by atoms with Gasteiger partial charge in [0.25, 0.3) is 17.7 Å². The second-order valence-electron chi connectivity index (χ2n) is 33.4. The largest absolute Gasteiger partial charge is 0.403 e. The smallest absolute Gasteiger partial charge is 0.350 e. The van der Waals surface area contributed by atoms with Crippen molar-refractivity contribution in [2.75, 3.05) is 91.6 Å². The molecule has 5 aliphatic rings. The zero-order valence-corrected chi connectivity index (χ0v) is 74.5. The first-order valence-electron chi connectivity index (χ1n) is 43.1. The third kappa shape index (κ3) is 27.9. The SMILES string of the molecule is CC[C@H](CN1CC[C@@H](CNC(=O)c2ccc(Cl)c(Cl)c2)N[C@@H](CCN2C(=O)CC(C)(C)C2=O)C1=O)c1ccccc1.CC[C@H](CN1CC[C@@H](CNC(=O)c2ccc(Cl)c(Cl)c2)N[C@@H](CCNC(C)C(F)(F)F)C1=O)c1ccccc1.CC[C@H](CN1CC[C@@H](CNC(=O)c2ccc3cc(Cl)ccc3c2)N[C@@H](CCN2CCCCCC2)C1=O)c1ccccc1. The lowest BCUT2D eigenvalue weighted by molar-refractivity contribution is -0.151. The van der Waals surface area contributed by atoms with Crippen molar-refractivity contribution < 1.29 is 51.5 Å². The molecule has 7 aromatic carbocycles. The maximum atomic E-state index is 14.0. The number of benzene rings is 7. The van der Waals surface area contributed by atoms with Gasteiger partial charge in [0.15, 0.2) is 0 Å². The van der Waals surface area contributed by atoms with Crippen molar-refractivity contribution in [2.45, 2.75) is 198 Å². The number of hydrogen-bond acceptors (Lipinski definition) is 13. The molecule has 122 heavy (non-hydrogen) atoms. The molecule has 0 aromatic heterocycles. The van der Waals surface area contributed by atoms with Gasteiger partial charge in [-0.25, -0.2) is 0 Å². The first-order chi connectivity index (χ1) is 58.5. The first kappa shape index (κ1) is 96.0. The van der Waals surface area contributed by atoms with Crippen molar-refractivity contribution >= 4 is 116 Å². The molecule has 7 aromatic rings. The normalized spacial score (nSPS) is 20.9. The minimum absolute atomic E-state index is 0.0101. The molecule has 5 fully saturated rings. The highest BCUT2D eigenvalue weighted by atomic mass is 35.5. The zero-order chi connectivity index (χ0) is 87.6. The van der Waals surface area contributed by atoms with Gasteiger partial charge >= 0.3 is 6.18 Å². The summed E-state index contributed by atoms with van der Waals surface area (Å²) in [6.07, 6.45) is 6.83. The van der Waals surface area contributed by atoms with Crippen molar-refractivity contribution in [2.24, 2.45) is 5.41 Å². The molecule has 20 nitrogen and oxygen atoms in total. The van der Waals surface area contributed by atoms with E-state index in [1.807, 2.05) is 95.9 Å². The molecule has 12 rings (SSSR count). The number of carbonyl (C=O) groups is 8. The van der Waals surface area contributed by atoms with E-state index in [0.29, 0.717) is 108 Å². The van der Waals surface area contributed by atoms with Crippen LogP contribution in [-0.4, -0.2) is 212 Å². The maximum absolute atomic E-state index is 14.0. The lowest BCUT2D eigenvalue weighted by Crippen LogP contribution is -2.51. The summed E-state index contributed by atoms with van der Waals surface area (Å²) in [6, 6.07) is 47.7. The molecule has 5 saturated heterocycles. The molecular weight excluding hydrogens is 1660 g/mol. The number of amides is 8. The van der Waals surface area contributed by atoms with Gasteiger partial charge in [-0.2, -0.15) is 13.2 Å². The molecule has 8 amide bonds. The van der Waals surface area contributed by atoms with E-state index in [-0.39, 0.29) is 121 Å². The first-order valence-corrected chi connectivity index (χ1v) is 45.0. The lowest BCUT2D eigenvalue weighted by Gasteiger charge is -2.29. The molecule has 0 aliphatic carbocycles. The van der Waals surface area contributed by atoms with E-state index in [1.165, 1.54) is 53.8 Å². The number of imide groups is 1. The summed E-state index contributed by atoms with van der Waals surface area (Å²) >= 11 is 30.2. The van der Waals surface area contributed by atoms with Crippen LogP contribution < -0.4 is 37.2 Å². The van der Waals surface area contributed by atoms with Crippen molar-refractivity contribution in [3.63, 3.8) is 0 Å². The van der Waals surface area contributed by atoms with E-state index in [0.717, 1.165) is 81.5 Å². The van der Waals surface area contributed by atoms with Crippen LogP contribution in [0.5, 0.6) is 0 Å². The van der Waals surface area contributed by atoms with E-state index in [9.17, 15) is 51.5 Å². The number of nitrogens with one attached hydrogen (secondary N) is 7. The highest BCUT2D eigenvalue weighted by Crippen LogP contribution is 2.34. The minimum atomic E-state index is -4.37. The average Bonchev–Trinajstić information content (AvgIpc) is 1.64. The van der Waals surface area contributed by atoms with E-state index < -0.39 is 29.7 Å². The molecule has 0 bridgehead atoms. The summed E-state index contributed by atoms with van der Waals surface area (Å²) in [7, 11) is 0. The van der Waals surface area contributed by atoms with Gasteiger partial charge in [0.05, 0.1) is 43.6 Å². The van der Waals surface area contributed by atoms with Crippen molar-refractivity contribution in [1.29, 1.82) is 0 Å². The number of halogens is 8. The highest BCUT2D eigenvalue weighted by Gasteiger charge is 2.46. The fourth-order valence-corrected chi connectivity index (χ4v) is 17.4. The number of fused-ring (bicyclic) bond motifs is 1. The molecule has 5 aliphatic heterocycles. The summed E-state index contributed by atoms with van der Waals surface area (Å²) in [5.74, 6) is -0.548. The van der Waals surface area contributed by atoms with Crippen molar-refractivity contribution in [3.05, 3.63) is 222 Å². The van der Waals surface area contributed by atoms with Crippen LogP contribution in [0, 0.1) is 5.41 Å². The average molecular weight is 1780 g/mol. The van der Waals surface area contributed by atoms with Gasteiger partial charge in [-0.05, 0) is 185 Å². The number of rotatable bonds is 31. The van der Waals surface area contributed by atoms with E-state index in [1.54, 1.807) is 43.0 Å². The lowest BCUT2D eigenvalue weighted by atomic mass is 9.92. The third-order valence-electron chi connectivity index (χ3n) is 24.1. The Balaban J connectivity index is 0.000000192. The Bertz CT molecular complexity index is 4630. The van der Waals surface area contributed by atoms with Gasteiger partial charge in [0.2, 0.25) is 29.5 Å².